The number of benzene rings is 3. The van der Waals surface area contributed by atoms with Crippen LogP contribution in [0.1, 0.15) is 120 Å². The molecule has 0 aliphatic carbocycles. The molecule has 9 rings (SSSR count). The molecule has 18 heteroatoms. The Morgan fingerprint density at radius 1 is 0.822 bits per heavy atom. The van der Waals surface area contributed by atoms with Crippen molar-refractivity contribution in [3.63, 3.8) is 0 Å². The van der Waals surface area contributed by atoms with Crippen molar-refractivity contribution in [1.29, 1.82) is 0 Å². The molecule has 0 spiro atoms. The number of aliphatic carboxylic acids is 1. The molecule has 0 bridgehead atoms. The molecule has 5 atom stereocenters. The van der Waals surface area contributed by atoms with Crippen LogP contribution in [0.15, 0.2) is 83.3 Å². The number of carboxylic acids is 1. The highest BCUT2D eigenvalue weighted by molar-refractivity contribution is 7.15. The van der Waals surface area contributed by atoms with Gasteiger partial charge in [-0.05, 0) is 92.8 Å². The largest absolute Gasteiger partial charge is 0.481 e. The van der Waals surface area contributed by atoms with E-state index in [4.69, 9.17) is 4.99 Å². The Morgan fingerprint density at radius 2 is 1.45 bits per heavy atom. The third-order valence-electron chi connectivity index (χ3n) is 14.4. The van der Waals surface area contributed by atoms with E-state index >= 15 is 0 Å². The first-order chi connectivity index (χ1) is 34.8. The molecule has 0 radical (unpaired) electrons. The van der Waals surface area contributed by atoms with E-state index in [2.05, 4.69) is 39.7 Å². The van der Waals surface area contributed by atoms with Crippen molar-refractivity contribution < 1.29 is 34.2 Å². The molecule has 3 aliphatic heterocycles. The Balaban J connectivity index is 0.811. The maximum absolute atomic E-state index is 14.4. The van der Waals surface area contributed by atoms with Gasteiger partial charge in [-0.15, -0.1) is 32.9 Å². The molecule has 6 aromatic rings. The van der Waals surface area contributed by atoms with E-state index < -0.39 is 47.4 Å². The van der Waals surface area contributed by atoms with Gasteiger partial charge in [0.2, 0.25) is 17.7 Å². The van der Waals surface area contributed by atoms with Gasteiger partial charge in [0, 0.05) is 53.5 Å². The number of hydrogen-bond donors (Lipinski definition) is 4. The Morgan fingerprint density at radius 3 is 2.07 bits per heavy atom. The molecule has 2 saturated heterocycles. The van der Waals surface area contributed by atoms with Crippen LogP contribution in [0.4, 0.5) is 0 Å². The minimum atomic E-state index is -0.977. The second-order valence-electron chi connectivity index (χ2n) is 20.5. The fraction of sp³-hybridized carbons (Fsp3) is 0.400. The van der Waals surface area contributed by atoms with E-state index in [1.807, 2.05) is 124 Å². The van der Waals surface area contributed by atoms with Crippen LogP contribution in [0.3, 0.4) is 0 Å². The number of thiophene rings is 1. The number of aliphatic hydroxyl groups excluding tert-OH is 1. The number of carboxylic acid groups (broad SMARTS) is 1. The highest BCUT2D eigenvalue weighted by Gasteiger charge is 2.45. The lowest BCUT2D eigenvalue weighted by Gasteiger charge is -2.37. The van der Waals surface area contributed by atoms with Gasteiger partial charge in [0.05, 0.1) is 40.4 Å². The number of carbonyl (C=O) groups excluding carboxylic acids is 4. The maximum atomic E-state index is 14.4. The number of aromatic nitrogens is 4. The van der Waals surface area contributed by atoms with Gasteiger partial charge < -0.3 is 30.6 Å². The summed E-state index contributed by atoms with van der Waals surface area (Å²) in [5.41, 5.74) is 9.90. The van der Waals surface area contributed by atoms with Crippen molar-refractivity contribution in [2.24, 2.45) is 16.3 Å². The van der Waals surface area contributed by atoms with Gasteiger partial charge >= 0.3 is 5.97 Å². The number of aryl methyl sites for hydroxylation is 3. The fourth-order valence-electron chi connectivity index (χ4n) is 10.1. The number of carbonyl (C=O) groups is 5. The highest BCUT2D eigenvalue weighted by Crippen LogP contribution is 2.40. The monoisotopic (exact) mass is 1020 g/mol. The number of β-amino-alcohol motifs (C(OH)–C–C–N with tert-alkyl or cyclic N) is 1. The zero-order valence-electron chi connectivity index (χ0n) is 42.3. The predicted octanol–water partition coefficient (Wildman–Crippen LogP) is 7.94. The van der Waals surface area contributed by atoms with Crippen LogP contribution >= 0.6 is 22.7 Å². The van der Waals surface area contributed by atoms with E-state index in [1.54, 1.807) is 27.6 Å². The van der Waals surface area contributed by atoms with Crippen molar-refractivity contribution >= 4 is 58.0 Å². The molecule has 16 nitrogen and oxygen atoms in total. The van der Waals surface area contributed by atoms with Crippen LogP contribution in [0.25, 0.3) is 26.6 Å². The molecule has 3 aromatic heterocycles. The standard InChI is InChI=1S/C55H61N9O7S2/c1-29-32(4)73-54-45(29)46(58-42(26-44(66)67)49-61-60-33(5)64(49)54)37-15-11-35(12-16-37)36-13-19-40(20-14-36)52(70)62-23-21-39(22-24-62)50(68)59-48(55(6,7)8)53(71)63-27-41(65)25-43(63)51(69)57-30(2)34-9-17-38(18-10-34)47-31(3)56-28-72-47/h9-20,28,30,39,41-43,48,65H,21-27H2,1-8H3,(H,57,69)(H,59,68)(H,66,67)/t30?,41-,42+,43+,48?/m1/s1. The molecule has 4 N–H and O–H groups in total. The third kappa shape index (κ3) is 10.4. The zero-order chi connectivity index (χ0) is 52.0. The average Bonchev–Trinajstić information content (AvgIpc) is 4.14. The maximum Gasteiger partial charge on any atom is 0.306 e. The number of amides is 4. The van der Waals surface area contributed by atoms with Crippen LogP contribution in [-0.2, 0) is 19.2 Å². The zero-order valence-corrected chi connectivity index (χ0v) is 43.9. The SMILES string of the molecule is Cc1ncsc1-c1ccc(C(C)NC(=O)[C@@H]2C[C@@H](O)CN2C(=O)C(NC(=O)C2CCN(C(=O)c3ccc(-c4ccc(C5=N[C@@H](CC(=O)O)c6nnc(C)n6-c6sc(C)c(C)c65)cc4)cc3)CC2)C(C)(C)C)cc1. The molecule has 4 amide bonds. The third-order valence-corrected chi connectivity index (χ3v) is 16.6. The van der Waals surface area contributed by atoms with Gasteiger partial charge in [-0.2, -0.15) is 0 Å². The predicted molar refractivity (Wildman–Crippen MR) is 281 cm³/mol. The van der Waals surface area contributed by atoms with E-state index in [0.717, 1.165) is 59.4 Å². The molecule has 6 heterocycles. The molecule has 2 unspecified atom stereocenters. The quantitative estimate of drug-likeness (QED) is 0.0929. The summed E-state index contributed by atoms with van der Waals surface area (Å²) in [4.78, 5) is 82.7. The number of aliphatic hydroxyl groups is 1. The van der Waals surface area contributed by atoms with Crippen LogP contribution in [0, 0.1) is 39.0 Å². The summed E-state index contributed by atoms with van der Waals surface area (Å²) in [5, 5.41) is 36.2. The first-order valence-electron chi connectivity index (χ1n) is 24.7. The number of piperidine rings is 1. The Hall–Kier alpha value is -6.89. The molecular formula is C55H61N9O7S2. The normalized spacial score (nSPS) is 18.8. The van der Waals surface area contributed by atoms with Crippen molar-refractivity contribution in [3.05, 3.63) is 128 Å². The Bertz CT molecular complexity index is 3110. The lowest BCUT2D eigenvalue weighted by Crippen LogP contribution is -2.59. The van der Waals surface area contributed by atoms with Gasteiger partial charge in [0.1, 0.15) is 29.0 Å². The Kier molecular flexibility index (Phi) is 14.4. The van der Waals surface area contributed by atoms with Crippen LogP contribution in [0.2, 0.25) is 0 Å². The summed E-state index contributed by atoms with van der Waals surface area (Å²) in [7, 11) is 0. The summed E-state index contributed by atoms with van der Waals surface area (Å²) in [6.45, 7) is 16.1. The number of aliphatic imine (C=N–C) groups is 1. The summed E-state index contributed by atoms with van der Waals surface area (Å²) >= 11 is 3.18. The van der Waals surface area contributed by atoms with Crippen LogP contribution in [-0.4, -0.2) is 113 Å². The van der Waals surface area contributed by atoms with Gasteiger partial charge in [-0.25, -0.2) is 4.98 Å². The molecule has 3 aromatic carbocycles. The number of hydrogen-bond acceptors (Lipinski definition) is 12. The minimum Gasteiger partial charge on any atom is -0.481 e. The van der Waals surface area contributed by atoms with E-state index in [-0.39, 0.29) is 43.1 Å². The average molecular weight is 1020 g/mol. The van der Waals surface area contributed by atoms with Gasteiger partial charge in [-0.3, -0.25) is 33.5 Å². The Labute approximate surface area is 432 Å². The first-order valence-corrected chi connectivity index (χ1v) is 26.4. The molecule has 2 fully saturated rings. The van der Waals surface area contributed by atoms with E-state index in [1.165, 1.54) is 4.90 Å². The van der Waals surface area contributed by atoms with Gasteiger partial charge in [0.15, 0.2) is 5.82 Å². The number of nitrogens with zero attached hydrogens (tertiary/aromatic N) is 7. The topological polar surface area (TPSA) is 212 Å². The van der Waals surface area contributed by atoms with Gasteiger partial charge in [-0.1, -0.05) is 81.4 Å². The number of thiazole rings is 1. The summed E-state index contributed by atoms with van der Waals surface area (Å²) in [5.74, 6) is -1.46. The summed E-state index contributed by atoms with van der Waals surface area (Å²) in [6, 6.07) is 20.4. The van der Waals surface area contributed by atoms with Crippen molar-refractivity contribution in [2.75, 3.05) is 19.6 Å². The minimum absolute atomic E-state index is 0.0266. The van der Waals surface area contributed by atoms with Gasteiger partial charge in [0.25, 0.3) is 5.91 Å². The smallest absolute Gasteiger partial charge is 0.306 e. The number of likely N-dealkylation sites (tertiary alicyclic amines) is 2. The molecule has 73 heavy (non-hydrogen) atoms. The first kappa shape index (κ1) is 51.0. The fourth-order valence-corrected chi connectivity index (χ4v) is 12.1. The van der Waals surface area contributed by atoms with E-state index in [0.29, 0.717) is 48.9 Å². The van der Waals surface area contributed by atoms with Crippen molar-refractivity contribution in [3.8, 4) is 26.6 Å². The lowest BCUT2D eigenvalue weighted by molar-refractivity contribution is -0.144. The second-order valence-corrected chi connectivity index (χ2v) is 22.6. The number of nitrogens with one attached hydrogen (secondary N) is 2. The molecular weight excluding hydrogens is 963 g/mol. The van der Waals surface area contributed by atoms with Crippen molar-refractivity contribution in [2.45, 2.75) is 111 Å². The molecule has 3 aliphatic rings. The van der Waals surface area contributed by atoms with Crippen LogP contribution < -0.4 is 10.6 Å². The number of fused-ring (bicyclic) bond motifs is 3. The summed E-state index contributed by atoms with van der Waals surface area (Å²) in [6.07, 6.45) is -0.212. The number of rotatable bonds is 12. The summed E-state index contributed by atoms with van der Waals surface area (Å²) < 4.78 is 1.94. The van der Waals surface area contributed by atoms with Crippen molar-refractivity contribution in [1.82, 2.24) is 40.2 Å². The lowest BCUT2D eigenvalue weighted by atomic mass is 9.84. The highest BCUT2D eigenvalue weighted by atomic mass is 32.1. The molecule has 0 saturated carbocycles. The van der Waals surface area contributed by atoms with E-state index in [9.17, 15) is 34.2 Å². The second kappa shape index (κ2) is 20.6. The van der Waals surface area contributed by atoms with Crippen LogP contribution in [0.5, 0.6) is 0 Å². The molecule has 380 valence electrons.